The molecule has 22 heavy (non-hydrogen) atoms. The summed E-state index contributed by atoms with van der Waals surface area (Å²) in [6.45, 7) is 2.86. The Labute approximate surface area is 133 Å². The van der Waals surface area contributed by atoms with Crippen molar-refractivity contribution in [3.05, 3.63) is 24.2 Å². The molecule has 0 saturated carbocycles. The van der Waals surface area contributed by atoms with Crippen molar-refractivity contribution in [1.29, 1.82) is 0 Å². The first-order chi connectivity index (χ1) is 10.6. The zero-order valence-corrected chi connectivity index (χ0v) is 13.2. The molecule has 0 unspecified atom stereocenters. The van der Waals surface area contributed by atoms with Gasteiger partial charge in [0.1, 0.15) is 0 Å². The van der Waals surface area contributed by atoms with Crippen LogP contribution in [0.3, 0.4) is 0 Å². The quantitative estimate of drug-likeness (QED) is 0.834. The second-order valence-corrected chi connectivity index (χ2v) is 5.96. The van der Waals surface area contributed by atoms with Gasteiger partial charge in [-0.05, 0) is 24.3 Å². The maximum Gasteiger partial charge on any atom is 0.287 e. The van der Waals surface area contributed by atoms with Crippen LogP contribution < -0.4 is 5.32 Å². The Hall–Kier alpha value is -1.96. The van der Waals surface area contributed by atoms with Crippen molar-refractivity contribution in [1.82, 2.24) is 15.3 Å². The fourth-order valence-electron chi connectivity index (χ4n) is 2.14. The molecule has 0 aliphatic carbocycles. The molecule has 1 aliphatic heterocycles. The van der Waals surface area contributed by atoms with Crippen LogP contribution in [0.1, 0.15) is 23.9 Å². The monoisotopic (exact) mass is 325 g/mol. The molecular formula is C14H19N3O4S. The van der Waals surface area contributed by atoms with Crippen molar-refractivity contribution < 1.29 is 18.8 Å². The average Bonchev–Trinajstić information content (AvgIpc) is 3.20. The lowest BCUT2D eigenvalue weighted by Crippen LogP contribution is -2.49. The summed E-state index contributed by atoms with van der Waals surface area (Å²) in [4.78, 5) is 36.0. The van der Waals surface area contributed by atoms with E-state index in [2.05, 4.69) is 5.32 Å². The molecule has 2 rings (SSSR count). The van der Waals surface area contributed by atoms with E-state index in [4.69, 9.17) is 4.42 Å². The van der Waals surface area contributed by atoms with Crippen LogP contribution in [0, 0.1) is 0 Å². The molecule has 1 N–H and O–H groups in total. The van der Waals surface area contributed by atoms with E-state index in [0.717, 1.165) is 12.2 Å². The minimum absolute atomic E-state index is 0.0740. The summed E-state index contributed by atoms with van der Waals surface area (Å²) in [6, 6.07) is 3.12. The van der Waals surface area contributed by atoms with Gasteiger partial charge in [0.2, 0.25) is 0 Å². The molecule has 0 spiro atoms. The Morgan fingerprint density at radius 1 is 1.27 bits per heavy atom. The van der Waals surface area contributed by atoms with Crippen LogP contribution >= 0.6 is 11.8 Å². The fourth-order valence-corrected chi connectivity index (χ4v) is 2.66. The molecule has 1 fully saturated rings. The normalized spacial score (nSPS) is 14.2. The average molecular weight is 325 g/mol. The molecule has 1 aromatic heterocycles. The van der Waals surface area contributed by atoms with Gasteiger partial charge in [-0.15, -0.1) is 0 Å². The van der Waals surface area contributed by atoms with Gasteiger partial charge in [-0.25, -0.2) is 5.01 Å². The Kier molecular flexibility index (Phi) is 5.88. The molecule has 0 aromatic carbocycles. The van der Waals surface area contributed by atoms with Gasteiger partial charge in [0.15, 0.2) is 5.76 Å². The number of carbonyl (C=O) groups excluding carboxylic acids is 3. The molecule has 7 nitrogen and oxygen atoms in total. The lowest BCUT2D eigenvalue weighted by molar-refractivity contribution is -0.155. The third-order valence-corrected chi connectivity index (χ3v) is 4.04. The number of thioether (sulfide) groups is 1. The highest BCUT2D eigenvalue weighted by atomic mass is 32.2. The molecule has 0 bridgehead atoms. The van der Waals surface area contributed by atoms with E-state index in [1.165, 1.54) is 34.1 Å². The minimum Gasteiger partial charge on any atom is -0.459 e. The summed E-state index contributed by atoms with van der Waals surface area (Å²) in [7, 11) is 0. The number of furan rings is 1. The van der Waals surface area contributed by atoms with Crippen LogP contribution in [0.25, 0.3) is 0 Å². The van der Waals surface area contributed by atoms with Crippen molar-refractivity contribution in [2.75, 3.05) is 31.1 Å². The number of hydrazine groups is 1. The molecule has 1 aliphatic rings. The minimum atomic E-state index is -0.447. The standard InChI is InChI=1S/C14H19N3O4S/c1-2-22-10-13(19)17-7-4-6-16(17)12(18)9-15-14(20)11-5-3-8-21-11/h3,5,8H,2,4,6-7,9-10H2,1H3,(H,15,20). The lowest BCUT2D eigenvalue weighted by atomic mass is 10.4. The molecule has 3 amide bonds. The van der Waals surface area contributed by atoms with Gasteiger partial charge in [-0.3, -0.25) is 19.4 Å². The molecular weight excluding hydrogens is 306 g/mol. The number of nitrogens with zero attached hydrogens (tertiary/aromatic N) is 2. The predicted molar refractivity (Wildman–Crippen MR) is 82.1 cm³/mol. The molecule has 120 valence electrons. The topological polar surface area (TPSA) is 82.9 Å². The molecule has 8 heteroatoms. The maximum atomic E-state index is 12.2. The molecule has 1 aromatic rings. The van der Waals surface area contributed by atoms with E-state index in [0.29, 0.717) is 18.8 Å². The number of nitrogens with one attached hydrogen (secondary N) is 1. The molecule has 0 atom stereocenters. The Morgan fingerprint density at radius 2 is 2.00 bits per heavy atom. The van der Waals surface area contributed by atoms with Gasteiger partial charge in [0.25, 0.3) is 17.7 Å². The number of carbonyl (C=O) groups is 3. The van der Waals surface area contributed by atoms with E-state index >= 15 is 0 Å². The summed E-state index contributed by atoms with van der Waals surface area (Å²) in [5.41, 5.74) is 0. The van der Waals surface area contributed by atoms with Crippen molar-refractivity contribution in [3.8, 4) is 0 Å². The van der Waals surface area contributed by atoms with Crippen LogP contribution in [0.4, 0.5) is 0 Å². The van der Waals surface area contributed by atoms with Crippen molar-refractivity contribution in [2.45, 2.75) is 13.3 Å². The van der Waals surface area contributed by atoms with Crippen molar-refractivity contribution >= 4 is 29.5 Å². The zero-order valence-electron chi connectivity index (χ0n) is 12.4. The van der Waals surface area contributed by atoms with Gasteiger partial charge >= 0.3 is 0 Å². The highest BCUT2D eigenvalue weighted by Crippen LogP contribution is 2.13. The second kappa shape index (κ2) is 7.88. The number of hydrogen-bond acceptors (Lipinski definition) is 5. The van der Waals surface area contributed by atoms with Crippen LogP contribution in [0.2, 0.25) is 0 Å². The summed E-state index contributed by atoms with van der Waals surface area (Å²) >= 11 is 1.52. The first-order valence-electron chi connectivity index (χ1n) is 7.13. The summed E-state index contributed by atoms with van der Waals surface area (Å²) in [6.07, 6.45) is 2.14. The Balaban J connectivity index is 1.85. The third-order valence-electron chi connectivity index (χ3n) is 3.18. The van der Waals surface area contributed by atoms with Crippen LogP contribution in [-0.2, 0) is 9.59 Å². The Bertz CT molecular complexity index is 532. The first-order valence-corrected chi connectivity index (χ1v) is 8.29. The highest BCUT2D eigenvalue weighted by Gasteiger charge is 2.30. The summed E-state index contributed by atoms with van der Waals surface area (Å²) in [5.74, 6) is 0.548. The fraction of sp³-hybridized carbons (Fsp3) is 0.500. The van der Waals surface area contributed by atoms with Gasteiger partial charge in [0, 0.05) is 13.1 Å². The van der Waals surface area contributed by atoms with Crippen molar-refractivity contribution in [3.63, 3.8) is 0 Å². The number of rotatable bonds is 6. The van der Waals surface area contributed by atoms with Crippen LogP contribution in [0.5, 0.6) is 0 Å². The molecule has 2 heterocycles. The van der Waals surface area contributed by atoms with E-state index < -0.39 is 5.91 Å². The molecule has 1 saturated heterocycles. The van der Waals surface area contributed by atoms with Gasteiger partial charge in [0.05, 0.1) is 18.6 Å². The van der Waals surface area contributed by atoms with E-state index in [-0.39, 0.29) is 24.1 Å². The summed E-state index contributed by atoms with van der Waals surface area (Å²) < 4.78 is 4.95. The Morgan fingerprint density at radius 3 is 2.64 bits per heavy atom. The zero-order chi connectivity index (χ0) is 15.9. The summed E-state index contributed by atoms with van der Waals surface area (Å²) in [5, 5.41) is 5.39. The van der Waals surface area contributed by atoms with Gasteiger partial charge < -0.3 is 9.73 Å². The van der Waals surface area contributed by atoms with E-state index in [1.807, 2.05) is 6.92 Å². The predicted octanol–water partition coefficient (Wildman–Crippen LogP) is 0.738. The number of hydrogen-bond donors (Lipinski definition) is 1. The molecule has 0 radical (unpaired) electrons. The van der Waals surface area contributed by atoms with Gasteiger partial charge in [-0.2, -0.15) is 11.8 Å². The van der Waals surface area contributed by atoms with E-state index in [9.17, 15) is 14.4 Å². The smallest absolute Gasteiger partial charge is 0.287 e. The van der Waals surface area contributed by atoms with E-state index in [1.54, 1.807) is 6.07 Å². The lowest BCUT2D eigenvalue weighted by Gasteiger charge is -2.27. The first kappa shape index (κ1) is 16.4. The van der Waals surface area contributed by atoms with Crippen molar-refractivity contribution in [2.24, 2.45) is 0 Å². The third kappa shape index (κ3) is 4.03. The van der Waals surface area contributed by atoms with Crippen LogP contribution in [-0.4, -0.2) is 58.9 Å². The van der Waals surface area contributed by atoms with Crippen LogP contribution in [0.15, 0.2) is 22.8 Å². The highest BCUT2D eigenvalue weighted by molar-refractivity contribution is 7.99. The SMILES string of the molecule is CCSCC(=O)N1CCCN1C(=O)CNC(=O)c1ccco1. The second-order valence-electron chi connectivity index (χ2n) is 4.68. The van der Waals surface area contributed by atoms with Gasteiger partial charge in [-0.1, -0.05) is 6.92 Å². The largest absolute Gasteiger partial charge is 0.459 e. The maximum absolute atomic E-state index is 12.2. The number of amides is 3.